The molecule has 1 fully saturated rings. The Labute approximate surface area is 229 Å². The molecule has 0 saturated carbocycles. The van der Waals surface area contributed by atoms with E-state index in [9.17, 15) is 24.0 Å². The number of piperazine rings is 1. The Hall–Kier alpha value is -5.27. The van der Waals surface area contributed by atoms with E-state index in [0.717, 1.165) is 10.5 Å². The summed E-state index contributed by atoms with van der Waals surface area (Å²) < 4.78 is 0. The van der Waals surface area contributed by atoms with Crippen LogP contribution in [0.3, 0.4) is 0 Å². The van der Waals surface area contributed by atoms with Gasteiger partial charge in [-0.1, -0.05) is 24.3 Å². The number of carbonyl (C=O) groups is 5. The molecule has 1 saturated heterocycles. The Morgan fingerprint density at radius 2 is 1.43 bits per heavy atom. The van der Waals surface area contributed by atoms with E-state index < -0.39 is 48.7 Å². The standard InChI is InChI=1S/C26H30N8O6/c27-20(28)11-15-1-3-17(4-2-15)24(38)31-12-19-26(40)33(14-22(36)37)9-10-34(19)21(35)13-32-25(39)18-7-5-16(6-8-18)23(29)30/h1-8,19H,9-14H2,(H3,27,28)(H3,29,30)(H,31,38)(H,32,39)(H,36,37)/t19-/m0/s1. The average molecular weight is 551 g/mol. The number of nitrogen functional groups attached to an aromatic ring is 1. The fraction of sp³-hybridized carbons (Fsp3) is 0.269. The molecule has 0 bridgehead atoms. The molecule has 14 nitrogen and oxygen atoms in total. The number of aliphatic carboxylic acids is 1. The molecule has 0 aliphatic carbocycles. The average Bonchev–Trinajstić information content (AvgIpc) is 2.91. The maximum Gasteiger partial charge on any atom is 0.323 e. The maximum absolute atomic E-state index is 13.1. The van der Waals surface area contributed by atoms with Crippen LogP contribution in [0.25, 0.3) is 0 Å². The van der Waals surface area contributed by atoms with Gasteiger partial charge in [-0.2, -0.15) is 0 Å². The van der Waals surface area contributed by atoms with Gasteiger partial charge < -0.3 is 37.0 Å². The van der Waals surface area contributed by atoms with Gasteiger partial charge in [-0.05, 0) is 29.8 Å². The van der Waals surface area contributed by atoms with Gasteiger partial charge in [0.25, 0.3) is 11.8 Å². The molecule has 0 spiro atoms. The summed E-state index contributed by atoms with van der Waals surface area (Å²) in [4.78, 5) is 64.9. The zero-order valence-corrected chi connectivity index (χ0v) is 21.5. The number of carboxylic acids is 1. The lowest BCUT2D eigenvalue weighted by Crippen LogP contribution is -2.63. The molecule has 3 rings (SSSR count). The number of nitrogens with one attached hydrogen (secondary N) is 4. The van der Waals surface area contributed by atoms with Gasteiger partial charge in [-0.25, -0.2) is 0 Å². The lowest BCUT2D eigenvalue weighted by atomic mass is 10.1. The number of nitrogens with two attached hydrogens (primary N) is 2. The van der Waals surface area contributed by atoms with Gasteiger partial charge in [-0.15, -0.1) is 0 Å². The molecule has 1 heterocycles. The van der Waals surface area contributed by atoms with Gasteiger partial charge in [0.05, 0.1) is 12.4 Å². The van der Waals surface area contributed by atoms with Crippen LogP contribution in [0.15, 0.2) is 48.5 Å². The second-order valence-electron chi connectivity index (χ2n) is 9.04. The molecular weight excluding hydrogens is 520 g/mol. The smallest absolute Gasteiger partial charge is 0.323 e. The topological polar surface area (TPSA) is 236 Å². The van der Waals surface area contributed by atoms with Crippen LogP contribution in [-0.2, 0) is 20.8 Å². The highest BCUT2D eigenvalue weighted by molar-refractivity contribution is 6.00. The van der Waals surface area contributed by atoms with Crippen LogP contribution in [0.4, 0.5) is 0 Å². The van der Waals surface area contributed by atoms with Gasteiger partial charge in [0, 0.05) is 42.7 Å². The van der Waals surface area contributed by atoms with Crippen LogP contribution in [-0.4, -0.2) is 94.9 Å². The van der Waals surface area contributed by atoms with Crippen molar-refractivity contribution in [1.29, 1.82) is 10.8 Å². The van der Waals surface area contributed by atoms with Crippen LogP contribution in [0.1, 0.15) is 31.8 Å². The van der Waals surface area contributed by atoms with Crippen LogP contribution >= 0.6 is 0 Å². The van der Waals surface area contributed by atoms with E-state index in [1.54, 1.807) is 12.1 Å². The SMILES string of the molecule is N=C(N)Cc1ccc(C(=O)NC[C@H]2C(=O)N(CC(=O)O)CCN2C(=O)CNC(=O)c2ccc(C(=N)N)cc2)cc1. The van der Waals surface area contributed by atoms with E-state index >= 15 is 0 Å². The van der Waals surface area contributed by atoms with Crippen molar-refractivity contribution in [3.05, 3.63) is 70.8 Å². The predicted molar refractivity (Wildman–Crippen MR) is 144 cm³/mol. The third-order valence-electron chi connectivity index (χ3n) is 6.16. The fourth-order valence-electron chi connectivity index (χ4n) is 4.10. The summed E-state index contributed by atoms with van der Waals surface area (Å²) in [7, 11) is 0. The molecule has 40 heavy (non-hydrogen) atoms. The number of amidine groups is 2. The van der Waals surface area contributed by atoms with E-state index in [4.69, 9.17) is 27.4 Å². The fourth-order valence-corrected chi connectivity index (χ4v) is 4.10. The van der Waals surface area contributed by atoms with Crippen LogP contribution < -0.4 is 22.1 Å². The number of benzene rings is 2. The molecule has 1 atom stereocenters. The quantitative estimate of drug-likeness (QED) is 0.131. The first-order valence-corrected chi connectivity index (χ1v) is 12.2. The molecule has 14 heteroatoms. The van der Waals surface area contributed by atoms with Crippen molar-refractivity contribution in [2.75, 3.05) is 32.7 Å². The van der Waals surface area contributed by atoms with Crippen molar-refractivity contribution >= 4 is 41.3 Å². The maximum atomic E-state index is 13.1. The monoisotopic (exact) mass is 550 g/mol. The molecule has 1 aliphatic rings. The predicted octanol–water partition coefficient (Wildman–Crippen LogP) is -1.27. The first-order valence-electron chi connectivity index (χ1n) is 12.2. The summed E-state index contributed by atoms with van der Waals surface area (Å²) in [5, 5.41) is 29.0. The normalized spacial score (nSPS) is 14.8. The minimum Gasteiger partial charge on any atom is -0.480 e. The Kier molecular flexibility index (Phi) is 9.52. The van der Waals surface area contributed by atoms with Crippen molar-refractivity contribution in [3.63, 3.8) is 0 Å². The summed E-state index contributed by atoms with van der Waals surface area (Å²) in [6.45, 7) is -1.31. The van der Waals surface area contributed by atoms with Crippen molar-refractivity contribution in [1.82, 2.24) is 20.4 Å². The first kappa shape index (κ1) is 29.3. The summed E-state index contributed by atoms with van der Waals surface area (Å²) in [5.74, 6) is -3.72. The van der Waals surface area contributed by atoms with E-state index in [-0.39, 0.29) is 48.9 Å². The second-order valence-corrected chi connectivity index (χ2v) is 9.04. The molecule has 1 aliphatic heterocycles. The zero-order chi connectivity index (χ0) is 29.4. The molecule has 2 aromatic rings. The molecule has 4 amide bonds. The Morgan fingerprint density at radius 3 is 1.98 bits per heavy atom. The van der Waals surface area contributed by atoms with Gasteiger partial charge >= 0.3 is 5.97 Å². The highest BCUT2D eigenvalue weighted by atomic mass is 16.4. The lowest BCUT2D eigenvalue weighted by molar-refractivity contribution is -0.154. The first-order chi connectivity index (χ1) is 19.0. The number of rotatable bonds is 11. The summed E-state index contributed by atoms with van der Waals surface area (Å²) in [5.41, 5.74) is 12.5. The van der Waals surface area contributed by atoms with Gasteiger partial charge in [0.15, 0.2) is 0 Å². The summed E-state index contributed by atoms with van der Waals surface area (Å²) in [6.07, 6.45) is 0.231. The highest BCUT2D eigenvalue weighted by Gasteiger charge is 2.38. The number of carbonyl (C=O) groups excluding carboxylic acids is 4. The molecule has 2 aromatic carbocycles. The van der Waals surface area contributed by atoms with Crippen molar-refractivity contribution in [3.8, 4) is 0 Å². The molecule has 9 N–H and O–H groups in total. The molecule has 0 unspecified atom stereocenters. The largest absolute Gasteiger partial charge is 0.480 e. The minimum absolute atomic E-state index is 0.00130. The second kappa shape index (κ2) is 13.0. The van der Waals surface area contributed by atoms with E-state index in [1.807, 2.05) is 0 Å². The molecular formula is C26H30N8O6. The Balaban J connectivity index is 1.67. The number of nitrogens with zero attached hydrogens (tertiary/aromatic N) is 2. The van der Waals surface area contributed by atoms with Crippen LogP contribution in [0.2, 0.25) is 0 Å². The van der Waals surface area contributed by atoms with Gasteiger partial charge in [-0.3, -0.25) is 34.8 Å². The molecule has 210 valence electrons. The van der Waals surface area contributed by atoms with Gasteiger partial charge in [0.2, 0.25) is 11.8 Å². The summed E-state index contributed by atoms with van der Waals surface area (Å²) in [6, 6.07) is 11.1. The van der Waals surface area contributed by atoms with Crippen molar-refractivity contribution in [2.24, 2.45) is 11.5 Å². The number of amides is 4. The highest BCUT2D eigenvalue weighted by Crippen LogP contribution is 2.13. The summed E-state index contributed by atoms with van der Waals surface area (Å²) >= 11 is 0. The minimum atomic E-state index is -1.22. The van der Waals surface area contributed by atoms with Crippen LogP contribution in [0.5, 0.6) is 0 Å². The van der Waals surface area contributed by atoms with E-state index in [1.165, 1.54) is 41.3 Å². The number of hydrogen-bond acceptors (Lipinski definition) is 7. The number of hydrogen-bond donors (Lipinski definition) is 7. The van der Waals surface area contributed by atoms with E-state index in [2.05, 4.69) is 10.6 Å². The lowest BCUT2D eigenvalue weighted by Gasteiger charge is -2.40. The third-order valence-corrected chi connectivity index (χ3v) is 6.16. The van der Waals surface area contributed by atoms with Gasteiger partial charge in [0.1, 0.15) is 18.4 Å². The van der Waals surface area contributed by atoms with Crippen molar-refractivity contribution in [2.45, 2.75) is 12.5 Å². The van der Waals surface area contributed by atoms with Crippen molar-refractivity contribution < 1.29 is 29.1 Å². The Morgan fingerprint density at radius 1 is 0.875 bits per heavy atom. The molecule has 0 aromatic heterocycles. The molecule has 0 radical (unpaired) electrons. The zero-order valence-electron chi connectivity index (χ0n) is 21.5. The Bertz CT molecular complexity index is 1330. The van der Waals surface area contributed by atoms with Crippen LogP contribution in [0, 0.1) is 10.8 Å². The number of carboxylic acid groups (broad SMARTS) is 1. The van der Waals surface area contributed by atoms with E-state index in [0.29, 0.717) is 5.56 Å². The third kappa shape index (κ3) is 7.63.